The maximum absolute atomic E-state index is 8.82. The summed E-state index contributed by atoms with van der Waals surface area (Å²) in [5, 5.41) is 17.2. The molecule has 3 heteroatoms. The number of rotatable bonds is 3. The van der Waals surface area contributed by atoms with Crippen molar-refractivity contribution in [2.45, 2.75) is 25.4 Å². The molecular weight excluding hydrogens is 111 g/mol. The molecule has 50 valence electrons. The van der Waals surface area contributed by atoms with Crippen LogP contribution in [0.1, 0.15) is 20.7 Å². The van der Waals surface area contributed by atoms with E-state index < -0.39 is 6.10 Å². The number of aliphatic hydroxyl groups is 2. The SMILES string of the molecule is OCC(O)CC1CC1.[H-].[Li+]. The van der Waals surface area contributed by atoms with Crippen LogP contribution in [0.25, 0.3) is 0 Å². The largest absolute Gasteiger partial charge is 1.00 e. The average Bonchev–Trinajstić information content (AvgIpc) is 2.50. The van der Waals surface area contributed by atoms with E-state index in [0.717, 1.165) is 12.3 Å². The zero-order chi connectivity index (χ0) is 5.98. The Morgan fingerprint density at radius 1 is 1.56 bits per heavy atom. The first-order valence-corrected chi connectivity index (χ1v) is 3.12. The van der Waals surface area contributed by atoms with Crippen molar-refractivity contribution < 1.29 is 30.5 Å². The van der Waals surface area contributed by atoms with Crippen molar-refractivity contribution >= 4 is 0 Å². The fraction of sp³-hybridized carbons (Fsp3) is 1.00. The Hall–Kier alpha value is 0.517. The van der Waals surface area contributed by atoms with Crippen LogP contribution < -0.4 is 18.9 Å². The van der Waals surface area contributed by atoms with Crippen LogP contribution in [0.4, 0.5) is 0 Å². The molecule has 0 aromatic heterocycles. The second-order valence-electron chi connectivity index (χ2n) is 2.52. The van der Waals surface area contributed by atoms with Crippen LogP contribution in [0, 0.1) is 5.92 Å². The molecule has 0 aliphatic heterocycles. The van der Waals surface area contributed by atoms with Crippen molar-refractivity contribution in [2.75, 3.05) is 6.61 Å². The summed E-state index contributed by atoms with van der Waals surface area (Å²) in [5.74, 6) is 0.720. The molecule has 1 rings (SSSR count). The van der Waals surface area contributed by atoms with Crippen LogP contribution in [-0.2, 0) is 0 Å². The summed E-state index contributed by atoms with van der Waals surface area (Å²) in [4.78, 5) is 0. The maximum Gasteiger partial charge on any atom is 1.00 e. The molecular formula is C6H13LiO2. The minimum absolute atomic E-state index is 0. The van der Waals surface area contributed by atoms with E-state index in [1.54, 1.807) is 0 Å². The number of hydrogen-bond acceptors (Lipinski definition) is 2. The molecule has 0 saturated heterocycles. The van der Waals surface area contributed by atoms with E-state index in [0.29, 0.717) is 0 Å². The molecule has 1 atom stereocenters. The fourth-order valence-corrected chi connectivity index (χ4v) is 0.813. The number of hydrogen-bond donors (Lipinski definition) is 2. The van der Waals surface area contributed by atoms with E-state index >= 15 is 0 Å². The molecule has 1 fully saturated rings. The van der Waals surface area contributed by atoms with Gasteiger partial charge in [-0.25, -0.2) is 0 Å². The molecule has 9 heavy (non-hydrogen) atoms. The van der Waals surface area contributed by atoms with Crippen LogP contribution in [0.3, 0.4) is 0 Å². The van der Waals surface area contributed by atoms with Crippen LogP contribution >= 0.6 is 0 Å². The standard InChI is InChI=1S/C6H12O2.Li.H/c7-4-6(8)3-5-1-2-5;;/h5-8H,1-4H2;;/q;+1;-1. The normalized spacial score (nSPS) is 20.7. The average molecular weight is 124 g/mol. The smallest absolute Gasteiger partial charge is 1.00 e. The predicted molar refractivity (Wildman–Crippen MR) is 31.5 cm³/mol. The third kappa shape index (κ3) is 3.99. The molecule has 0 radical (unpaired) electrons. The second-order valence-corrected chi connectivity index (χ2v) is 2.52. The van der Waals surface area contributed by atoms with Crippen molar-refractivity contribution in [1.29, 1.82) is 0 Å². The van der Waals surface area contributed by atoms with Gasteiger partial charge < -0.3 is 11.6 Å². The summed E-state index contributed by atoms with van der Waals surface area (Å²) in [6, 6.07) is 0. The van der Waals surface area contributed by atoms with Gasteiger partial charge in [0.15, 0.2) is 0 Å². The minimum Gasteiger partial charge on any atom is -1.00 e. The number of aliphatic hydroxyl groups excluding tert-OH is 2. The van der Waals surface area contributed by atoms with Gasteiger partial charge in [0.1, 0.15) is 0 Å². The van der Waals surface area contributed by atoms with Gasteiger partial charge >= 0.3 is 18.9 Å². The molecule has 0 amide bonds. The molecule has 0 spiro atoms. The first-order chi connectivity index (χ1) is 3.83. The van der Waals surface area contributed by atoms with Gasteiger partial charge in [-0.05, 0) is 12.3 Å². The van der Waals surface area contributed by atoms with Crippen LogP contribution in [-0.4, -0.2) is 22.9 Å². The summed E-state index contributed by atoms with van der Waals surface area (Å²) >= 11 is 0. The van der Waals surface area contributed by atoms with Crippen molar-refractivity contribution in [2.24, 2.45) is 5.92 Å². The Morgan fingerprint density at radius 2 is 2.11 bits per heavy atom. The van der Waals surface area contributed by atoms with Crippen molar-refractivity contribution in [3.8, 4) is 0 Å². The molecule has 2 nitrogen and oxygen atoms in total. The second kappa shape index (κ2) is 4.35. The summed E-state index contributed by atoms with van der Waals surface area (Å²) in [6.07, 6.45) is 2.84. The van der Waals surface area contributed by atoms with Gasteiger partial charge in [-0.2, -0.15) is 0 Å². The minimum atomic E-state index is -0.456. The van der Waals surface area contributed by atoms with Gasteiger partial charge in [0, 0.05) is 0 Å². The van der Waals surface area contributed by atoms with Crippen molar-refractivity contribution in [3.05, 3.63) is 0 Å². The van der Waals surface area contributed by atoms with Gasteiger partial charge in [-0.3, -0.25) is 0 Å². The molecule has 1 aliphatic rings. The van der Waals surface area contributed by atoms with Crippen molar-refractivity contribution in [1.82, 2.24) is 0 Å². The van der Waals surface area contributed by atoms with Gasteiger partial charge in [0.2, 0.25) is 0 Å². The van der Waals surface area contributed by atoms with E-state index in [2.05, 4.69) is 0 Å². The van der Waals surface area contributed by atoms with Crippen molar-refractivity contribution in [3.63, 3.8) is 0 Å². The molecule has 0 aromatic rings. The molecule has 0 heterocycles. The Balaban J connectivity index is 0. The van der Waals surface area contributed by atoms with E-state index in [9.17, 15) is 0 Å². The quantitative estimate of drug-likeness (QED) is 0.401. The van der Waals surface area contributed by atoms with Gasteiger partial charge in [-0.15, -0.1) is 0 Å². The fourth-order valence-electron chi connectivity index (χ4n) is 0.813. The predicted octanol–water partition coefficient (Wildman–Crippen LogP) is -2.74. The van der Waals surface area contributed by atoms with E-state index in [1.165, 1.54) is 12.8 Å². The van der Waals surface area contributed by atoms with Gasteiger partial charge in [-0.1, -0.05) is 12.8 Å². The first-order valence-electron chi connectivity index (χ1n) is 3.12. The molecule has 0 bridgehead atoms. The molecule has 0 aromatic carbocycles. The molecule has 2 N–H and O–H groups in total. The summed E-state index contributed by atoms with van der Waals surface area (Å²) < 4.78 is 0. The Kier molecular flexibility index (Phi) is 4.60. The molecule has 1 aliphatic carbocycles. The zero-order valence-electron chi connectivity index (χ0n) is 6.88. The molecule has 1 saturated carbocycles. The monoisotopic (exact) mass is 124 g/mol. The Labute approximate surface area is 68.9 Å². The van der Waals surface area contributed by atoms with E-state index in [1.807, 2.05) is 0 Å². The van der Waals surface area contributed by atoms with Gasteiger partial charge in [0.05, 0.1) is 12.7 Å². The third-order valence-corrected chi connectivity index (χ3v) is 1.51. The zero-order valence-corrected chi connectivity index (χ0v) is 5.88. The van der Waals surface area contributed by atoms with E-state index in [-0.39, 0.29) is 26.9 Å². The molecule has 1 unspecified atom stereocenters. The van der Waals surface area contributed by atoms with Crippen LogP contribution in [0.2, 0.25) is 0 Å². The maximum atomic E-state index is 8.82. The van der Waals surface area contributed by atoms with Gasteiger partial charge in [0.25, 0.3) is 0 Å². The van der Waals surface area contributed by atoms with Crippen LogP contribution in [0.15, 0.2) is 0 Å². The topological polar surface area (TPSA) is 40.5 Å². The summed E-state index contributed by atoms with van der Waals surface area (Å²) in [6.45, 7) is -0.0729. The van der Waals surface area contributed by atoms with E-state index in [4.69, 9.17) is 10.2 Å². The Bertz CT molecular complexity index is 78.1. The summed E-state index contributed by atoms with van der Waals surface area (Å²) in [5.41, 5.74) is 0. The van der Waals surface area contributed by atoms with Crippen LogP contribution in [0.5, 0.6) is 0 Å². The third-order valence-electron chi connectivity index (χ3n) is 1.51. The summed E-state index contributed by atoms with van der Waals surface area (Å²) in [7, 11) is 0. The Morgan fingerprint density at radius 3 is 2.44 bits per heavy atom. The first kappa shape index (κ1) is 9.52.